The molecule has 0 fully saturated rings. The molecular formula is C10H12BrN3. The molecule has 0 spiro atoms. The Labute approximate surface area is 91.1 Å². The van der Waals surface area contributed by atoms with Gasteiger partial charge in [-0.05, 0) is 22.0 Å². The maximum absolute atomic E-state index is 4.45. The molecule has 2 aromatic rings. The first kappa shape index (κ1) is 9.65. The Balaban J connectivity index is 2.69. The minimum absolute atomic E-state index is 0.0279. The average molecular weight is 254 g/mol. The van der Waals surface area contributed by atoms with Gasteiger partial charge < -0.3 is 4.98 Å². The number of nitrogens with one attached hydrogen (secondary N) is 1. The Bertz CT molecular complexity index is 468. The van der Waals surface area contributed by atoms with Crippen LogP contribution in [0.25, 0.3) is 11.2 Å². The van der Waals surface area contributed by atoms with Gasteiger partial charge in [-0.15, -0.1) is 0 Å². The van der Waals surface area contributed by atoms with E-state index in [0.29, 0.717) is 0 Å². The van der Waals surface area contributed by atoms with Crippen LogP contribution in [-0.2, 0) is 5.41 Å². The lowest BCUT2D eigenvalue weighted by molar-refractivity contribution is 0.554. The van der Waals surface area contributed by atoms with Gasteiger partial charge in [0.25, 0.3) is 0 Å². The zero-order chi connectivity index (χ0) is 10.3. The Morgan fingerprint density at radius 3 is 2.64 bits per heavy atom. The maximum Gasteiger partial charge on any atom is 0.178 e. The summed E-state index contributed by atoms with van der Waals surface area (Å²) in [5.74, 6) is 0.965. The van der Waals surface area contributed by atoms with Gasteiger partial charge >= 0.3 is 0 Å². The van der Waals surface area contributed by atoms with E-state index in [9.17, 15) is 0 Å². The molecule has 2 rings (SSSR count). The van der Waals surface area contributed by atoms with Crippen molar-refractivity contribution in [3.63, 3.8) is 0 Å². The Hall–Kier alpha value is -0.900. The van der Waals surface area contributed by atoms with Crippen molar-refractivity contribution in [3.8, 4) is 0 Å². The van der Waals surface area contributed by atoms with E-state index < -0.39 is 0 Å². The van der Waals surface area contributed by atoms with Gasteiger partial charge in [0.15, 0.2) is 5.65 Å². The maximum atomic E-state index is 4.45. The van der Waals surface area contributed by atoms with E-state index in [1.165, 1.54) is 0 Å². The molecule has 1 N–H and O–H groups in total. The minimum Gasteiger partial charge on any atom is -0.339 e. The van der Waals surface area contributed by atoms with Gasteiger partial charge in [0.2, 0.25) is 0 Å². The number of hydrogen-bond donors (Lipinski definition) is 1. The summed E-state index contributed by atoms with van der Waals surface area (Å²) in [4.78, 5) is 11.9. The quantitative estimate of drug-likeness (QED) is 0.785. The van der Waals surface area contributed by atoms with E-state index in [4.69, 9.17) is 0 Å². The summed E-state index contributed by atoms with van der Waals surface area (Å²) in [7, 11) is 0. The smallest absolute Gasteiger partial charge is 0.178 e. The third-order valence-corrected chi connectivity index (χ3v) is 2.71. The number of aromatic amines is 1. The fraction of sp³-hybridized carbons (Fsp3) is 0.400. The van der Waals surface area contributed by atoms with Gasteiger partial charge in [0.05, 0.1) is 5.52 Å². The number of H-pyrrole nitrogens is 1. The van der Waals surface area contributed by atoms with Crippen LogP contribution in [0.1, 0.15) is 26.6 Å². The topological polar surface area (TPSA) is 41.6 Å². The number of imidazole rings is 1. The van der Waals surface area contributed by atoms with Crippen LogP contribution >= 0.6 is 15.9 Å². The predicted molar refractivity (Wildman–Crippen MR) is 60.3 cm³/mol. The molecule has 14 heavy (non-hydrogen) atoms. The molecule has 74 valence electrons. The summed E-state index contributed by atoms with van der Waals surface area (Å²) >= 11 is 3.47. The second-order valence-corrected chi connectivity index (χ2v) is 5.18. The van der Waals surface area contributed by atoms with Crippen LogP contribution in [-0.4, -0.2) is 15.0 Å². The molecule has 2 heterocycles. The SMILES string of the molecule is CC(C)(C)c1nc2nccc(Br)c2[nH]1. The lowest BCUT2D eigenvalue weighted by Gasteiger charge is -2.13. The number of hydrogen-bond acceptors (Lipinski definition) is 2. The summed E-state index contributed by atoms with van der Waals surface area (Å²) in [6.07, 6.45) is 1.75. The largest absolute Gasteiger partial charge is 0.339 e. The highest BCUT2D eigenvalue weighted by atomic mass is 79.9. The Morgan fingerprint density at radius 2 is 2.07 bits per heavy atom. The summed E-state index contributed by atoms with van der Waals surface area (Å²) in [5, 5.41) is 0. The molecule has 0 saturated heterocycles. The molecular weight excluding hydrogens is 242 g/mol. The first-order chi connectivity index (χ1) is 6.48. The molecule has 0 radical (unpaired) electrons. The molecule has 0 atom stereocenters. The van der Waals surface area contributed by atoms with Crippen LogP contribution in [0.4, 0.5) is 0 Å². The number of halogens is 1. The fourth-order valence-corrected chi connectivity index (χ4v) is 1.63. The standard InChI is InChI=1S/C10H12BrN3/c1-10(2,3)9-13-7-6(11)4-5-12-8(7)14-9/h4-5H,1-3H3,(H,12,13,14). The molecule has 0 aromatic carbocycles. The lowest BCUT2D eigenvalue weighted by Crippen LogP contribution is -2.13. The van der Waals surface area contributed by atoms with Crippen molar-refractivity contribution in [1.82, 2.24) is 15.0 Å². The normalized spacial score (nSPS) is 12.3. The van der Waals surface area contributed by atoms with Crippen LogP contribution in [0.2, 0.25) is 0 Å². The first-order valence-corrected chi connectivity index (χ1v) is 5.28. The van der Waals surface area contributed by atoms with Crippen molar-refractivity contribution >= 4 is 27.1 Å². The van der Waals surface area contributed by atoms with Crippen molar-refractivity contribution in [1.29, 1.82) is 0 Å². The minimum atomic E-state index is 0.0279. The van der Waals surface area contributed by atoms with E-state index in [0.717, 1.165) is 21.5 Å². The fourth-order valence-electron chi connectivity index (χ4n) is 1.24. The van der Waals surface area contributed by atoms with E-state index in [2.05, 4.69) is 51.7 Å². The molecule has 0 bridgehead atoms. The Morgan fingerprint density at radius 1 is 1.36 bits per heavy atom. The molecule has 0 aliphatic heterocycles. The van der Waals surface area contributed by atoms with Crippen LogP contribution in [0.15, 0.2) is 16.7 Å². The predicted octanol–water partition coefficient (Wildman–Crippen LogP) is 3.02. The van der Waals surface area contributed by atoms with Crippen molar-refractivity contribution in [2.24, 2.45) is 0 Å². The molecule has 0 saturated carbocycles. The summed E-state index contributed by atoms with van der Waals surface area (Å²) in [6.45, 7) is 6.37. The van der Waals surface area contributed by atoms with Gasteiger partial charge in [-0.1, -0.05) is 20.8 Å². The second kappa shape index (κ2) is 3.05. The zero-order valence-electron chi connectivity index (χ0n) is 8.43. The summed E-state index contributed by atoms with van der Waals surface area (Å²) < 4.78 is 1.01. The zero-order valence-corrected chi connectivity index (χ0v) is 10.0. The number of rotatable bonds is 0. The highest BCUT2D eigenvalue weighted by Gasteiger charge is 2.19. The van der Waals surface area contributed by atoms with Crippen LogP contribution in [0, 0.1) is 0 Å². The molecule has 3 nitrogen and oxygen atoms in total. The second-order valence-electron chi connectivity index (χ2n) is 4.33. The van der Waals surface area contributed by atoms with E-state index in [1.807, 2.05) is 6.07 Å². The van der Waals surface area contributed by atoms with E-state index in [1.54, 1.807) is 6.20 Å². The summed E-state index contributed by atoms with van der Waals surface area (Å²) in [5.41, 5.74) is 1.77. The van der Waals surface area contributed by atoms with Gasteiger partial charge in [0, 0.05) is 16.1 Å². The van der Waals surface area contributed by atoms with Crippen LogP contribution in [0.3, 0.4) is 0 Å². The van der Waals surface area contributed by atoms with Crippen molar-refractivity contribution < 1.29 is 0 Å². The molecule has 4 heteroatoms. The number of aromatic nitrogens is 3. The monoisotopic (exact) mass is 253 g/mol. The van der Waals surface area contributed by atoms with E-state index >= 15 is 0 Å². The molecule has 0 unspecified atom stereocenters. The van der Waals surface area contributed by atoms with Gasteiger partial charge in [-0.3, -0.25) is 0 Å². The number of nitrogens with zero attached hydrogens (tertiary/aromatic N) is 2. The number of pyridine rings is 1. The van der Waals surface area contributed by atoms with Gasteiger partial charge in [-0.25, -0.2) is 9.97 Å². The van der Waals surface area contributed by atoms with Crippen molar-refractivity contribution in [3.05, 3.63) is 22.6 Å². The lowest BCUT2D eigenvalue weighted by atomic mass is 9.96. The average Bonchev–Trinajstić information content (AvgIpc) is 2.48. The molecule has 2 aromatic heterocycles. The summed E-state index contributed by atoms with van der Waals surface area (Å²) in [6, 6.07) is 1.91. The third-order valence-electron chi connectivity index (χ3n) is 2.05. The molecule has 0 aliphatic rings. The highest BCUT2D eigenvalue weighted by molar-refractivity contribution is 9.10. The van der Waals surface area contributed by atoms with Crippen LogP contribution in [0.5, 0.6) is 0 Å². The van der Waals surface area contributed by atoms with Crippen LogP contribution < -0.4 is 0 Å². The van der Waals surface area contributed by atoms with E-state index in [-0.39, 0.29) is 5.41 Å². The Kier molecular flexibility index (Phi) is 2.10. The highest BCUT2D eigenvalue weighted by Crippen LogP contribution is 2.25. The molecule has 0 amide bonds. The van der Waals surface area contributed by atoms with Gasteiger partial charge in [0.1, 0.15) is 5.82 Å². The van der Waals surface area contributed by atoms with Crippen molar-refractivity contribution in [2.45, 2.75) is 26.2 Å². The number of fused-ring (bicyclic) bond motifs is 1. The first-order valence-electron chi connectivity index (χ1n) is 4.49. The molecule has 0 aliphatic carbocycles. The van der Waals surface area contributed by atoms with Crippen molar-refractivity contribution in [2.75, 3.05) is 0 Å². The van der Waals surface area contributed by atoms with Gasteiger partial charge in [-0.2, -0.15) is 0 Å². The third kappa shape index (κ3) is 1.54.